The summed E-state index contributed by atoms with van der Waals surface area (Å²) in [6.45, 7) is 1.92. The minimum absolute atomic E-state index is 0.0705. The number of anilines is 1. The molecule has 140 valence electrons. The second kappa shape index (κ2) is 7.66. The van der Waals surface area contributed by atoms with E-state index in [2.05, 4.69) is 20.7 Å². The molecule has 8 heteroatoms. The molecule has 0 aliphatic carbocycles. The highest BCUT2D eigenvalue weighted by atomic mass is 35.5. The van der Waals surface area contributed by atoms with Crippen LogP contribution in [0.1, 0.15) is 18.7 Å². The minimum Gasteiger partial charge on any atom is -0.374 e. The molecule has 1 unspecified atom stereocenters. The van der Waals surface area contributed by atoms with Crippen molar-refractivity contribution in [2.45, 2.75) is 13.0 Å². The van der Waals surface area contributed by atoms with E-state index in [0.29, 0.717) is 17.1 Å². The summed E-state index contributed by atoms with van der Waals surface area (Å²) in [6, 6.07) is 18.6. The third-order valence-corrected chi connectivity index (χ3v) is 4.63. The van der Waals surface area contributed by atoms with E-state index in [1.54, 1.807) is 16.8 Å². The molecule has 0 saturated heterocycles. The molecule has 0 aliphatic rings. The lowest BCUT2D eigenvalue weighted by molar-refractivity contribution is 0.775. The van der Waals surface area contributed by atoms with E-state index >= 15 is 0 Å². The molecular weight excluding hydrogens is 376 g/mol. The maximum absolute atomic E-state index is 12.6. The Morgan fingerprint density at radius 2 is 1.64 bits per heavy atom. The quantitative estimate of drug-likeness (QED) is 0.561. The van der Waals surface area contributed by atoms with Gasteiger partial charge < -0.3 is 5.32 Å². The summed E-state index contributed by atoms with van der Waals surface area (Å²) in [5.41, 5.74) is 2.34. The molecule has 28 heavy (non-hydrogen) atoms. The maximum Gasteiger partial charge on any atom is 0.292 e. The van der Waals surface area contributed by atoms with E-state index in [1.165, 1.54) is 10.9 Å². The number of para-hydroxylation sites is 2. The third kappa shape index (κ3) is 3.52. The number of rotatable bonds is 5. The molecule has 2 heterocycles. The monoisotopic (exact) mass is 392 g/mol. The highest BCUT2D eigenvalue weighted by Gasteiger charge is 2.16. The van der Waals surface area contributed by atoms with Crippen molar-refractivity contribution in [1.82, 2.24) is 24.8 Å². The summed E-state index contributed by atoms with van der Waals surface area (Å²) >= 11 is 6.30. The molecule has 0 spiro atoms. The third-order valence-electron chi connectivity index (χ3n) is 4.27. The van der Waals surface area contributed by atoms with Gasteiger partial charge >= 0.3 is 0 Å². The van der Waals surface area contributed by atoms with Crippen LogP contribution >= 0.6 is 11.6 Å². The van der Waals surface area contributed by atoms with Crippen LogP contribution in [-0.2, 0) is 0 Å². The Hall–Kier alpha value is -3.45. The molecule has 2 aromatic heterocycles. The molecule has 0 fully saturated rings. The topological polar surface area (TPSA) is 77.6 Å². The Kier molecular flexibility index (Phi) is 4.90. The van der Waals surface area contributed by atoms with E-state index in [1.807, 2.05) is 61.7 Å². The van der Waals surface area contributed by atoms with Crippen molar-refractivity contribution in [3.8, 4) is 11.4 Å². The first kappa shape index (κ1) is 17.9. The molecule has 0 amide bonds. The maximum atomic E-state index is 12.6. The Labute approximate surface area is 166 Å². The summed E-state index contributed by atoms with van der Waals surface area (Å²) in [4.78, 5) is 12.6. The highest BCUT2D eigenvalue weighted by Crippen LogP contribution is 2.22. The fraction of sp³-hybridized carbons (Fsp3) is 0.100. The average Bonchev–Trinajstić information content (AvgIpc) is 3.23. The predicted molar refractivity (Wildman–Crippen MR) is 108 cm³/mol. The Balaban J connectivity index is 1.57. The van der Waals surface area contributed by atoms with Gasteiger partial charge in [-0.3, -0.25) is 4.79 Å². The largest absolute Gasteiger partial charge is 0.374 e. The van der Waals surface area contributed by atoms with Crippen molar-refractivity contribution >= 4 is 17.3 Å². The Morgan fingerprint density at radius 1 is 1.00 bits per heavy atom. The van der Waals surface area contributed by atoms with E-state index in [0.717, 1.165) is 5.69 Å². The van der Waals surface area contributed by atoms with Gasteiger partial charge in [0.15, 0.2) is 0 Å². The zero-order valence-corrected chi connectivity index (χ0v) is 15.8. The van der Waals surface area contributed by atoms with Gasteiger partial charge in [-0.25, -0.2) is 4.68 Å². The molecule has 0 aliphatic heterocycles. The van der Waals surface area contributed by atoms with Gasteiger partial charge in [0.1, 0.15) is 10.7 Å². The number of hydrogen-bond acceptors (Lipinski definition) is 5. The fourth-order valence-electron chi connectivity index (χ4n) is 2.78. The van der Waals surface area contributed by atoms with Crippen molar-refractivity contribution in [2.75, 3.05) is 5.32 Å². The minimum atomic E-state index is -0.391. The van der Waals surface area contributed by atoms with E-state index in [-0.39, 0.29) is 11.1 Å². The first-order valence-corrected chi connectivity index (χ1v) is 9.09. The zero-order chi connectivity index (χ0) is 19.5. The van der Waals surface area contributed by atoms with Crippen LogP contribution in [0.5, 0.6) is 0 Å². The molecule has 1 N–H and O–H groups in total. The average molecular weight is 393 g/mol. The van der Waals surface area contributed by atoms with Gasteiger partial charge in [0.05, 0.1) is 35.5 Å². The Morgan fingerprint density at radius 3 is 2.32 bits per heavy atom. The Bertz CT molecular complexity index is 1140. The predicted octanol–water partition coefficient (Wildman–Crippen LogP) is 3.64. The van der Waals surface area contributed by atoms with Crippen molar-refractivity contribution in [3.63, 3.8) is 0 Å². The number of nitrogens with one attached hydrogen (secondary N) is 1. The van der Waals surface area contributed by atoms with Crippen molar-refractivity contribution in [1.29, 1.82) is 0 Å². The summed E-state index contributed by atoms with van der Waals surface area (Å²) < 4.78 is 2.96. The van der Waals surface area contributed by atoms with Crippen molar-refractivity contribution in [3.05, 3.63) is 94.1 Å². The molecular formula is C20H17ClN6O. The summed E-state index contributed by atoms with van der Waals surface area (Å²) in [5, 5.41) is 15.8. The molecule has 7 nitrogen and oxygen atoms in total. The first-order chi connectivity index (χ1) is 13.6. The number of benzene rings is 2. The lowest BCUT2D eigenvalue weighted by Crippen LogP contribution is -2.23. The molecule has 0 radical (unpaired) electrons. The number of halogens is 1. The summed E-state index contributed by atoms with van der Waals surface area (Å²) in [5.74, 6) is 0. The zero-order valence-electron chi connectivity index (χ0n) is 15.0. The standard InChI is InChI=1S/C20H17ClN6O/c1-14(18-13-26(25-24-18)15-8-4-2-5-9-15)23-17-12-22-27(20(28)19(17)21)16-10-6-3-7-11-16/h2-14,23H,1H3. The van der Waals surface area contributed by atoms with Crippen LogP contribution in [0.2, 0.25) is 5.02 Å². The molecule has 4 rings (SSSR count). The fourth-order valence-corrected chi connectivity index (χ4v) is 2.96. The van der Waals surface area contributed by atoms with E-state index < -0.39 is 5.56 Å². The normalized spacial score (nSPS) is 11.9. The molecule has 1 atom stereocenters. The smallest absolute Gasteiger partial charge is 0.292 e. The van der Waals surface area contributed by atoms with Crippen LogP contribution in [0.25, 0.3) is 11.4 Å². The van der Waals surface area contributed by atoms with Crippen LogP contribution in [0, 0.1) is 0 Å². The molecule has 4 aromatic rings. The molecule has 0 bridgehead atoms. The van der Waals surface area contributed by atoms with Gasteiger partial charge in [0, 0.05) is 0 Å². The summed E-state index contributed by atoms with van der Waals surface area (Å²) in [6.07, 6.45) is 3.37. The number of nitrogens with zero attached hydrogens (tertiary/aromatic N) is 5. The van der Waals surface area contributed by atoms with Gasteiger partial charge in [-0.2, -0.15) is 9.78 Å². The van der Waals surface area contributed by atoms with Gasteiger partial charge in [0.2, 0.25) is 0 Å². The summed E-state index contributed by atoms with van der Waals surface area (Å²) in [7, 11) is 0. The van der Waals surface area contributed by atoms with E-state index in [9.17, 15) is 4.79 Å². The lowest BCUT2D eigenvalue weighted by atomic mass is 10.2. The number of aromatic nitrogens is 5. The second-order valence-corrected chi connectivity index (χ2v) is 6.59. The van der Waals surface area contributed by atoms with Gasteiger partial charge in [-0.1, -0.05) is 53.2 Å². The van der Waals surface area contributed by atoms with Gasteiger partial charge in [0.25, 0.3) is 5.56 Å². The van der Waals surface area contributed by atoms with E-state index in [4.69, 9.17) is 11.6 Å². The van der Waals surface area contributed by atoms with Crippen LogP contribution in [-0.4, -0.2) is 24.8 Å². The van der Waals surface area contributed by atoms with Gasteiger partial charge in [-0.05, 0) is 31.2 Å². The second-order valence-electron chi connectivity index (χ2n) is 6.21. The highest BCUT2D eigenvalue weighted by molar-refractivity contribution is 6.32. The molecule has 2 aromatic carbocycles. The van der Waals surface area contributed by atoms with Crippen LogP contribution in [0.15, 0.2) is 77.9 Å². The van der Waals surface area contributed by atoms with Crippen LogP contribution in [0.4, 0.5) is 5.69 Å². The van der Waals surface area contributed by atoms with Crippen molar-refractivity contribution < 1.29 is 0 Å². The first-order valence-electron chi connectivity index (χ1n) is 8.71. The van der Waals surface area contributed by atoms with Crippen LogP contribution in [0.3, 0.4) is 0 Å². The van der Waals surface area contributed by atoms with Crippen LogP contribution < -0.4 is 10.9 Å². The number of hydrogen-bond donors (Lipinski definition) is 1. The van der Waals surface area contributed by atoms with Crippen molar-refractivity contribution in [2.24, 2.45) is 0 Å². The van der Waals surface area contributed by atoms with Gasteiger partial charge in [-0.15, -0.1) is 5.10 Å². The molecule has 0 saturated carbocycles. The lowest BCUT2D eigenvalue weighted by Gasteiger charge is -2.14. The SMILES string of the molecule is CC(Nc1cnn(-c2ccccc2)c(=O)c1Cl)c1cn(-c2ccccc2)nn1.